The summed E-state index contributed by atoms with van der Waals surface area (Å²) < 4.78 is 17.7. The number of halogens is 1. The molecule has 1 atom stereocenters. The third-order valence-electron chi connectivity index (χ3n) is 4.46. The maximum atomic E-state index is 12.7. The van der Waals surface area contributed by atoms with Crippen LogP contribution >= 0.6 is 11.6 Å². The van der Waals surface area contributed by atoms with Crippen LogP contribution in [0.4, 0.5) is 0 Å². The molecule has 0 aliphatic rings. The number of para-hydroxylation sites is 1. The Bertz CT molecular complexity index is 994. The minimum atomic E-state index is -0.318. The average Bonchev–Trinajstić information content (AvgIpc) is 3.23. The molecule has 2 aromatic carbocycles. The first-order chi connectivity index (χ1) is 14.0. The van der Waals surface area contributed by atoms with Gasteiger partial charge in [0.05, 0.1) is 38.1 Å². The van der Waals surface area contributed by atoms with E-state index in [1.54, 1.807) is 56.5 Å². The van der Waals surface area contributed by atoms with Gasteiger partial charge in [-0.05, 0) is 42.8 Å². The highest BCUT2D eigenvalue weighted by Gasteiger charge is 2.19. The zero-order valence-corrected chi connectivity index (χ0v) is 17.4. The first-order valence-electron chi connectivity index (χ1n) is 8.89. The molecule has 0 radical (unpaired) electrons. The van der Waals surface area contributed by atoms with E-state index < -0.39 is 0 Å². The highest BCUT2D eigenvalue weighted by molar-refractivity contribution is 6.32. The molecule has 1 N–H and O–H groups in total. The molecule has 0 fully saturated rings. The number of rotatable bonds is 7. The molecule has 0 aliphatic carbocycles. The van der Waals surface area contributed by atoms with Crippen LogP contribution in [0.2, 0.25) is 5.02 Å². The third-order valence-corrected chi connectivity index (χ3v) is 4.78. The van der Waals surface area contributed by atoms with E-state index in [0.717, 1.165) is 5.56 Å². The molecule has 0 aliphatic heterocycles. The Balaban J connectivity index is 1.80. The van der Waals surface area contributed by atoms with E-state index in [9.17, 15) is 4.79 Å². The molecule has 0 bridgehead atoms. The summed E-state index contributed by atoms with van der Waals surface area (Å²) in [4.78, 5) is 12.7. The summed E-state index contributed by atoms with van der Waals surface area (Å²) in [5.41, 5.74) is 1.79. The van der Waals surface area contributed by atoms with Crippen molar-refractivity contribution in [1.82, 2.24) is 15.1 Å². The van der Waals surface area contributed by atoms with Gasteiger partial charge in [0, 0.05) is 6.20 Å². The van der Waals surface area contributed by atoms with E-state index in [1.807, 2.05) is 25.1 Å². The lowest BCUT2D eigenvalue weighted by Crippen LogP contribution is -2.27. The van der Waals surface area contributed by atoms with E-state index in [4.69, 9.17) is 25.8 Å². The molecule has 3 rings (SSSR count). The summed E-state index contributed by atoms with van der Waals surface area (Å²) in [6.07, 6.45) is 1.69. The van der Waals surface area contributed by atoms with E-state index in [0.29, 0.717) is 28.0 Å². The number of carbonyl (C=O) groups excluding carboxylic acids is 1. The smallest absolute Gasteiger partial charge is 0.272 e. The number of hydrogen-bond donors (Lipinski definition) is 1. The minimum Gasteiger partial charge on any atom is -0.493 e. The fourth-order valence-electron chi connectivity index (χ4n) is 2.92. The number of ether oxygens (including phenoxy) is 3. The van der Waals surface area contributed by atoms with Crippen molar-refractivity contribution >= 4 is 17.5 Å². The molecular weight excluding hydrogens is 394 g/mol. The van der Waals surface area contributed by atoms with Crippen LogP contribution in [0.15, 0.2) is 48.7 Å². The van der Waals surface area contributed by atoms with Crippen molar-refractivity contribution in [1.29, 1.82) is 0 Å². The Hall–Kier alpha value is -3.19. The summed E-state index contributed by atoms with van der Waals surface area (Å²) in [7, 11) is 4.64. The van der Waals surface area contributed by atoms with Crippen LogP contribution in [0, 0.1) is 0 Å². The lowest BCUT2D eigenvalue weighted by atomic mass is 10.1. The zero-order chi connectivity index (χ0) is 21.0. The highest BCUT2D eigenvalue weighted by Crippen LogP contribution is 2.39. The Morgan fingerprint density at radius 2 is 1.72 bits per heavy atom. The van der Waals surface area contributed by atoms with Crippen LogP contribution in [0.25, 0.3) is 5.69 Å². The fourth-order valence-corrected chi connectivity index (χ4v) is 3.14. The van der Waals surface area contributed by atoms with Crippen molar-refractivity contribution in [3.63, 3.8) is 0 Å². The predicted molar refractivity (Wildman–Crippen MR) is 111 cm³/mol. The number of carbonyl (C=O) groups is 1. The molecule has 7 nitrogen and oxygen atoms in total. The summed E-state index contributed by atoms with van der Waals surface area (Å²) in [6, 6.07) is 12.2. The molecule has 1 heterocycles. The second-order valence-corrected chi connectivity index (χ2v) is 6.66. The maximum absolute atomic E-state index is 12.7. The van der Waals surface area contributed by atoms with Gasteiger partial charge in [-0.15, -0.1) is 0 Å². The molecular formula is C21H22ClN3O4. The van der Waals surface area contributed by atoms with Crippen LogP contribution in [-0.2, 0) is 0 Å². The molecule has 29 heavy (non-hydrogen) atoms. The molecule has 8 heteroatoms. The van der Waals surface area contributed by atoms with E-state index in [2.05, 4.69) is 10.4 Å². The number of aromatic nitrogens is 2. The number of hydrogen-bond acceptors (Lipinski definition) is 5. The monoisotopic (exact) mass is 415 g/mol. The Labute approximate surface area is 174 Å². The number of nitrogens with one attached hydrogen (secondary N) is 1. The first kappa shape index (κ1) is 20.5. The van der Waals surface area contributed by atoms with Crippen LogP contribution in [0.5, 0.6) is 17.2 Å². The number of methoxy groups -OCH3 is 3. The Kier molecular flexibility index (Phi) is 6.29. The van der Waals surface area contributed by atoms with Gasteiger partial charge in [0.25, 0.3) is 5.91 Å². The summed E-state index contributed by atoms with van der Waals surface area (Å²) >= 11 is 6.20. The van der Waals surface area contributed by atoms with Crippen LogP contribution < -0.4 is 19.5 Å². The van der Waals surface area contributed by atoms with Crippen molar-refractivity contribution in [2.75, 3.05) is 21.3 Å². The molecule has 1 unspecified atom stereocenters. The van der Waals surface area contributed by atoms with Crippen molar-refractivity contribution in [2.45, 2.75) is 13.0 Å². The zero-order valence-electron chi connectivity index (χ0n) is 16.6. The second-order valence-electron chi connectivity index (χ2n) is 6.25. The van der Waals surface area contributed by atoms with Crippen molar-refractivity contribution in [2.24, 2.45) is 0 Å². The fraction of sp³-hybridized carbons (Fsp3) is 0.238. The number of amides is 1. The lowest BCUT2D eigenvalue weighted by molar-refractivity contribution is 0.0934. The van der Waals surface area contributed by atoms with Gasteiger partial charge in [-0.1, -0.05) is 23.7 Å². The second kappa shape index (κ2) is 8.87. The quantitative estimate of drug-likeness (QED) is 0.630. The highest BCUT2D eigenvalue weighted by atomic mass is 35.5. The molecule has 1 aromatic heterocycles. The van der Waals surface area contributed by atoms with E-state index >= 15 is 0 Å². The maximum Gasteiger partial charge on any atom is 0.272 e. The topological polar surface area (TPSA) is 74.6 Å². The van der Waals surface area contributed by atoms with E-state index in [1.165, 1.54) is 0 Å². The Morgan fingerprint density at radius 1 is 1.07 bits per heavy atom. The molecule has 0 spiro atoms. The van der Waals surface area contributed by atoms with Gasteiger partial charge in [0.1, 0.15) is 0 Å². The SMILES string of the molecule is COc1cc(C(C)NC(=O)c2ccn(-c3ccccc3Cl)n2)cc(OC)c1OC. The van der Waals surface area contributed by atoms with Gasteiger partial charge in [0.15, 0.2) is 17.2 Å². The Morgan fingerprint density at radius 3 is 2.31 bits per heavy atom. The molecule has 152 valence electrons. The number of benzene rings is 2. The third kappa shape index (κ3) is 4.30. The summed E-state index contributed by atoms with van der Waals surface area (Å²) in [5, 5.41) is 7.82. The van der Waals surface area contributed by atoms with Crippen molar-refractivity contribution in [3.05, 3.63) is 64.9 Å². The largest absolute Gasteiger partial charge is 0.493 e. The average molecular weight is 416 g/mol. The predicted octanol–water partition coefficient (Wildman–Crippen LogP) is 4.04. The van der Waals surface area contributed by atoms with Gasteiger partial charge in [-0.2, -0.15) is 5.10 Å². The van der Waals surface area contributed by atoms with Gasteiger partial charge in [-0.25, -0.2) is 4.68 Å². The molecule has 3 aromatic rings. The van der Waals surface area contributed by atoms with Crippen LogP contribution in [-0.4, -0.2) is 37.0 Å². The van der Waals surface area contributed by atoms with Gasteiger partial charge >= 0.3 is 0 Å². The lowest BCUT2D eigenvalue weighted by Gasteiger charge is -2.18. The van der Waals surface area contributed by atoms with Crippen molar-refractivity contribution < 1.29 is 19.0 Å². The molecule has 0 saturated heterocycles. The van der Waals surface area contributed by atoms with Crippen LogP contribution in [0.1, 0.15) is 29.0 Å². The molecule has 0 saturated carbocycles. The first-order valence-corrected chi connectivity index (χ1v) is 9.27. The standard InChI is InChI=1S/C21H22ClN3O4/c1-13(14-11-18(27-2)20(29-4)19(12-14)28-3)23-21(26)16-9-10-25(24-16)17-8-6-5-7-15(17)22/h5-13H,1-4H3,(H,23,26). The van der Waals surface area contributed by atoms with Gasteiger partial charge in [-0.3, -0.25) is 4.79 Å². The summed E-state index contributed by atoms with van der Waals surface area (Å²) in [6.45, 7) is 1.86. The van der Waals surface area contributed by atoms with Crippen molar-refractivity contribution in [3.8, 4) is 22.9 Å². The minimum absolute atomic E-state index is 0.282. The summed E-state index contributed by atoms with van der Waals surface area (Å²) in [5.74, 6) is 1.23. The van der Waals surface area contributed by atoms with E-state index in [-0.39, 0.29) is 17.6 Å². The van der Waals surface area contributed by atoms with Gasteiger partial charge < -0.3 is 19.5 Å². The molecule has 1 amide bonds. The van der Waals surface area contributed by atoms with Crippen LogP contribution in [0.3, 0.4) is 0 Å². The van der Waals surface area contributed by atoms with Gasteiger partial charge in [0.2, 0.25) is 5.75 Å². The number of nitrogens with zero attached hydrogens (tertiary/aromatic N) is 2. The normalized spacial score (nSPS) is 11.6.